The number of nitrogens with two attached hydrogens (primary N) is 1. The van der Waals surface area contributed by atoms with Gasteiger partial charge in [-0.2, -0.15) is 0 Å². The smallest absolute Gasteiger partial charge is 0.123 e. The first-order valence-corrected chi connectivity index (χ1v) is 4.60. The Labute approximate surface area is 90.9 Å². The van der Waals surface area contributed by atoms with Crippen LogP contribution in [0.2, 0.25) is 0 Å². The molecule has 0 saturated carbocycles. The summed E-state index contributed by atoms with van der Waals surface area (Å²) >= 11 is 0. The van der Waals surface area contributed by atoms with E-state index in [1.54, 1.807) is 12.1 Å². The second-order valence-corrected chi connectivity index (χ2v) is 3.79. The van der Waals surface area contributed by atoms with Crippen LogP contribution in [0, 0.1) is 11.7 Å². The maximum Gasteiger partial charge on any atom is 0.123 e. The van der Waals surface area contributed by atoms with E-state index in [2.05, 4.69) is 13.8 Å². The first-order valence-electron chi connectivity index (χ1n) is 4.60. The van der Waals surface area contributed by atoms with Gasteiger partial charge >= 0.3 is 0 Å². The number of benzene rings is 1. The third-order valence-corrected chi connectivity index (χ3v) is 2.02. The minimum absolute atomic E-state index is 0. The zero-order chi connectivity index (χ0) is 9.84. The molecule has 0 unspecified atom stereocenters. The third-order valence-electron chi connectivity index (χ3n) is 2.02. The van der Waals surface area contributed by atoms with Crippen LogP contribution in [0.15, 0.2) is 24.3 Å². The maximum absolute atomic E-state index is 12.6. The van der Waals surface area contributed by atoms with Crippen LogP contribution in [0.1, 0.15) is 31.9 Å². The lowest BCUT2D eigenvalue weighted by Crippen LogP contribution is -2.12. The summed E-state index contributed by atoms with van der Waals surface area (Å²) in [5, 5.41) is 0. The normalized spacial score (nSPS) is 12.4. The number of hydrogen-bond donors (Lipinski definition) is 1. The fourth-order valence-corrected chi connectivity index (χ4v) is 1.35. The van der Waals surface area contributed by atoms with Gasteiger partial charge in [0.05, 0.1) is 0 Å². The van der Waals surface area contributed by atoms with Gasteiger partial charge in [-0.1, -0.05) is 26.0 Å². The van der Waals surface area contributed by atoms with Gasteiger partial charge in [0, 0.05) is 6.04 Å². The molecule has 0 radical (unpaired) electrons. The van der Waals surface area contributed by atoms with E-state index in [0.29, 0.717) is 5.92 Å². The van der Waals surface area contributed by atoms with E-state index in [9.17, 15) is 4.39 Å². The summed E-state index contributed by atoms with van der Waals surface area (Å²) in [6.45, 7) is 4.26. The van der Waals surface area contributed by atoms with Gasteiger partial charge in [0.1, 0.15) is 5.82 Å². The van der Waals surface area contributed by atoms with Crippen LogP contribution in [0.5, 0.6) is 0 Å². The molecule has 0 spiro atoms. The van der Waals surface area contributed by atoms with E-state index in [0.717, 1.165) is 12.0 Å². The molecule has 2 N–H and O–H groups in total. The molecule has 80 valence electrons. The zero-order valence-electron chi connectivity index (χ0n) is 8.53. The van der Waals surface area contributed by atoms with Crippen molar-refractivity contribution in [3.8, 4) is 0 Å². The minimum atomic E-state index is -0.208. The Morgan fingerprint density at radius 3 is 2.14 bits per heavy atom. The Hall–Kier alpha value is -0.600. The van der Waals surface area contributed by atoms with Gasteiger partial charge in [-0.15, -0.1) is 12.4 Å². The molecule has 0 saturated heterocycles. The summed E-state index contributed by atoms with van der Waals surface area (Å²) in [5.41, 5.74) is 6.93. The average Bonchev–Trinajstić information content (AvgIpc) is 2.04. The van der Waals surface area contributed by atoms with E-state index in [1.165, 1.54) is 12.1 Å². The standard InChI is InChI=1S/C11H16FN.ClH/c1-8(2)7-11(13)9-3-5-10(12)6-4-9;/h3-6,8,11H,7,13H2,1-2H3;1H/t11-;/m0./s1. The van der Waals surface area contributed by atoms with Crippen LogP contribution in [0.25, 0.3) is 0 Å². The van der Waals surface area contributed by atoms with Gasteiger partial charge in [-0.05, 0) is 30.0 Å². The first kappa shape index (κ1) is 13.4. The average molecular weight is 218 g/mol. The lowest BCUT2D eigenvalue weighted by molar-refractivity contribution is 0.509. The molecule has 0 fully saturated rings. The molecular weight excluding hydrogens is 201 g/mol. The lowest BCUT2D eigenvalue weighted by atomic mass is 9.98. The second kappa shape index (κ2) is 5.99. The molecule has 1 nitrogen and oxygen atoms in total. The molecule has 14 heavy (non-hydrogen) atoms. The molecule has 0 heterocycles. The van der Waals surface area contributed by atoms with Crippen LogP contribution in [0.3, 0.4) is 0 Å². The van der Waals surface area contributed by atoms with E-state index in [4.69, 9.17) is 5.73 Å². The SMILES string of the molecule is CC(C)C[C@H](N)c1ccc(F)cc1.Cl. The molecule has 0 aliphatic rings. The van der Waals surface area contributed by atoms with Crippen molar-refractivity contribution in [2.75, 3.05) is 0 Å². The molecule has 0 amide bonds. The lowest BCUT2D eigenvalue weighted by Gasteiger charge is -2.13. The predicted molar refractivity (Wildman–Crippen MR) is 60.0 cm³/mol. The Bertz CT molecular complexity index is 258. The van der Waals surface area contributed by atoms with Crippen LogP contribution in [-0.2, 0) is 0 Å². The van der Waals surface area contributed by atoms with E-state index in [-0.39, 0.29) is 24.3 Å². The van der Waals surface area contributed by atoms with Gasteiger partial charge in [0.25, 0.3) is 0 Å². The summed E-state index contributed by atoms with van der Waals surface area (Å²) in [4.78, 5) is 0. The van der Waals surface area contributed by atoms with Crippen molar-refractivity contribution < 1.29 is 4.39 Å². The Kier molecular flexibility index (Phi) is 5.73. The van der Waals surface area contributed by atoms with E-state index in [1.807, 2.05) is 0 Å². The second-order valence-electron chi connectivity index (χ2n) is 3.79. The van der Waals surface area contributed by atoms with Gasteiger partial charge in [-0.25, -0.2) is 4.39 Å². The van der Waals surface area contributed by atoms with Crippen LogP contribution < -0.4 is 5.73 Å². The molecule has 1 atom stereocenters. The summed E-state index contributed by atoms with van der Waals surface area (Å²) in [6.07, 6.45) is 0.936. The van der Waals surface area contributed by atoms with Crippen molar-refractivity contribution in [3.63, 3.8) is 0 Å². The van der Waals surface area contributed by atoms with E-state index < -0.39 is 0 Å². The minimum Gasteiger partial charge on any atom is -0.324 e. The maximum atomic E-state index is 12.6. The Morgan fingerprint density at radius 1 is 1.21 bits per heavy atom. The Balaban J connectivity index is 0.00000169. The molecular formula is C11H17ClFN. The van der Waals surface area contributed by atoms with Crippen molar-refractivity contribution in [1.29, 1.82) is 0 Å². The summed E-state index contributed by atoms with van der Waals surface area (Å²) in [7, 11) is 0. The van der Waals surface area contributed by atoms with Crippen molar-refractivity contribution in [2.45, 2.75) is 26.3 Å². The van der Waals surface area contributed by atoms with Crippen LogP contribution in [-0.4, -0.2) is 0 Å². The molecule has 1 rings (SSSR count). The topological polar surface area (TPSA) is 26.0 Å². The molecule has 1 aromatic carbocycles. The molecule has 0 aromatic heterocycles. The summed E-state index contributed by atoms with van der Waals surface area (Å²) in [6, 6.07) is 6.44. The fourth-order valence-electron chi connectivity index (χ4n) is 1.35. The highest BCUT2D eigenvalue weighted by atomic mass is 35.5. The molecule has 1 aromatic rings. The first-order chi connectivity index (χ1) is 6.09. The van der Waals surface area contributed by atoms with Crippen molar-refractivity contribution in [2.24, 2.45) is 11.7 Å². The van der Waals surface area contributed by atoms with Crippen molar-refractivity contribution in [3.05, 3.63) is 35.6 Å². The quantitative estimate of drug-likeness (QED) is 0.826. The molecule has 0 aliphatic heterocycles. The van der Waals surface area contributed by atoms with Crippen LogP contribution >= 0.6 is 12.4 Å². The van der Waals surface area contributed by atoms with Crippen molar-refractivity contribution >= 4 is 12.4 Å². The molecule has 3 heteroatoms. The highest BCUT2D eigenvalue weighted by molar-refractivity contribution is 5.85. The fraction of sp³-hybridized carbons (Fsp3) is 0.455. The number of hydrogen-bond acceptors (Lipinski definition) is 1. The monoisotopic (exact) mass is 217 g/mol. The van der Waals surface area contributed by atoms with E-state index >= 15 is 0 Å². The predicted octanol–water partition coefficient (Wildman–Crippen LogP) is 3.29. The van der Waals surface area contributed by atoms with Gasteiger partial charge in [-0.3, -0.25) is 0 Å². The van der Waals surface area contributed by atoms with Gasteiger partial charge in [0.2, 0.25) is 0 Å². The molecule has 0 bridgehead atoms. The largest absolute Gasteiger partial charge is 0.324 e. The summed E-state index contributed by atoms with van der Waals surface area (Å²) in [5.74, 6) is 0.362. The zero-order valence-corrected chi connectivity index (χ0v) is 9.35. The molecule has 0 aliphatic carbocycles. The number of rotatable bonds is 3. The van der Waals surface area contributed by atoms with Gasteiger partial charge < -0.3 is 5.73 Å². The Morgan fingerprint density at radius 2 is 1.71 bits per heavy atom. The van der Waals surface area contributed by atoms with Crippen molar-refractivity contribution in [1.82, 2.24) is 0 Å². The van der Waals surface area contributed by atoms with Crippen LogP contribution in [0.4, 0.5) is 4.39 Å². The summed E-state index contributed by atoms with van der Waals surface area (Å²) < 4.78 is 12.6. The highest BCUT2D eigenvalue weighted by Crippen LogP contribution is 2.18. The highest BCUT2D eigenvalue weighted by Gasteiger charge is 2.07. The van der Waals surface area contributed by atoms with Gasteiger partial charge in [0.15, 0.2) is 0 Å². The third kappa shape index (κ3) is 4.07. The number of halogens is 2.